The molecule has 3 N–H and O–H groups in total. The molecular weight excluding hydrogens is 216 g/mol. The van der Waals surface area contributed by atoms with Crippen LogP contribution in [0.25, 0.3) is 0 Å². The molecule has 0 amide bonds. The van der Waals surface area contributed by atoms with Crippen LogP contribution in [-0.4, -0.2) is 21.4 Å². The molecule has 94 valence electrons. The zero-order valence-corrected chi connectivity index (χ0v) is 10.3. The van der Waals surface area contributed by atoms with E-state index in [1.54, 1.807) is 24.3 Å². The fourth-order valence-corrected chi connectivity index (χ4v) is 2.87. The van der Waals surface area contributed by atoms with Crippen LogP contribution < -0.4 is 0 Å². The van der Waals surface area contributed by atoms with Crippen molar-refractivity contribution in [3.05, 3.63) is 29.8 Å². The number of aliphatic hydroxyl groups is 2. The van der Waals surface area contributed by atoms with E-state index >= 15 is 0 Å². The van der Waals surface area contributed by atoms with Crippen LogP contribution in [0.15, 0.2) is 24.3 Å². The molecule has 3 atom stereocenters. The van der Waals surface area contributed by atoms with Gasteiger partial charge in [-0.3, -0.25) is 0 Å². The first-order valence-electron chi connectivity index (χ1n) is 6.05. The van der Waals surface area contributed by atoms with Crippen LogP contribution in [0.5, 0.6) is 5.75 Å². The van der Waals surface area contributed by atoms with Gasteiger partial charge in [-0.25, -0.2) is 0 Å². The topological polar surface area (TPSA) is 60.7 Å². The van der Waals surface area contributed by atoms with Crippen LogP contribution in [0.4, 0.5) is 0 Å². The fourth-order valence-electron chi connectivity index (χ4n) is 2.87. The Hall–Kier alpha value is -1.06. The van der Waals surface area contributed by atoms with Gasteiger partial charge in [-0.15, -0.1) is 0 Å². The molecule has 0 aliphatic heterocycles. The summed E-state index contributed by atoms with van der Waals surface area (Å²) in [6, 6.07) is 6.77. The smallest absolute Gasteiger partial charge is 0.121 e. The first-order chi connectivity index (χ1) is 7.91. The standard InChI is InChI=1S/C14H20O3/c1-14(2)7-10(12(16)8-14)13(17)9-5-3-4-6-11(9)15/h3-6,10,12-13,15-17H,7-8H2,1-2H3/t10-,12-,13+/m1/s1. The number of hydrogen-bond acceptors (Lipinski definition) is 3. The minimum Gasteiger partial charge on any atom is -0.508 e. The van der Waals surface area contributed by atoms with Crippen molar-refractivity contribution < 1.29 is 15.3 Å². The van der Waals surface area contributed by atoms with Gasteiger partial charge in [0.15, 0.2) is 0 Å². The van der Waals surface area contributed by atoms with Crippen molar-refractivity contribution in [1.82, 2.24) is 0 Å². The molecule has 1 aromatic rings. The van der Waals surface area contributed by atoms with Crippen molar-refractivity contribution in [2.24, 2.45) is 11.3 Å². The summed E-state index contributed by atoms with van der Waals surface area (Å²) in [4.78, 5) is 0. The van der Waals surface area contributed by atoms with E-state index in [1.165, 1.54) is 0 Å². The minimum absolute atomic E-state index is 0.0511. The maximum Gasteiger partial charge on any atom is 0.121 e. The second-order valence-electron chi connectivity index (χ2n) is 5.81. The summed E-state index contributed by atoms with van der Waals surface area (Å²) in [5.41, 5.74) is 0.560. The molecule has 0 bridgehead atoms. The highest BCUT2D eigenvalue weighted by atomic mass is 16.3. The van der Waals surface area contributed by atoms with E-state index in [0.29, 0.717) is 12.0 Å². The summed E-state index contributed by atoms with van der Waals surface area (Å²) in [7, 11) is 0. The van der Waals surface area contributed by atoms with Gasteiger partial charge in [-0.1, -0.05) is 32.0 Å². The van der Waals surface area contributed by atoms with Crippen LogP contribution in [0.2, 0.25) is 0 Å². The van der Waals surface area contributed by atoms with Crippen LogP contribution >= 0.6 is 0 Å². The number of phenols is 1. The number of phenolic OH excluding ortho intramolecular Hbond substituents is 1. The molecule has 0 heterocycles. The zero-order chi connectivity index (χ0) is 12.6. The SMILES string of the molecule is CC1(C)C[C@@H]([C@@H](O)c2ccccc2O)[C@H](O)C1. The molecular formula is C14H20O3. The minimum atomic E-state index is -0.798. The molecule has 0 spiro atoms. The molecule has 0 aromatic heterocycles. The maximum absolute atomic E-state index is 10.3. The van der Waals surface area contributed by atoms with E-state index in [9.17, 15) is 15.3 Å². The largest absolute Gasteiger partial charge is 0.508 e. The molecule has 17 heavy (non-hydrogen) atoms. The van der Waals surface area contributed by atoms with Gasteiger partial charge < -0.3 is 15.3 Å². The van der Waals surface area contributed by atoms with Gasteiger partial charge in [0.25, 0.3) is 0 Å². The Morgan fingerprint density at radius 1 is 1.24 bits per heavy atom. The third kappa shape index (κ3) is 2.45. The van der Waals surface area contributed by atoms with Crippen molar-refractivity contribution in [2.75, 3.05) is 0 Å². The Bertz CT molecular complexity index is 400. The quantitative estimate of drug-likeness (QED) is 0.738. The Morgan fingerprint density at radius 2 is 1.88 bits per heavy atom. The average molecular weight is 236 g/mol. The molecule has 0 unspecified atom stereocenters. The van der Waals surface area contributed by atoms with Gasteiger partial charge in [-0.05, 0) is 24.3 Å². The van der Waals surface area contributed by atoms with Gasteiger partial charge >= 0.3 is 0 Å². The number of para-hydroxylation sites is 1. The number of aliphatic hydroxyl groups excluding tert-OH is 2. The van der Waals surface area contributed by atoms with Gasteiger partial charge in [0.1, 0.15) is 5.75 Å². The highest BCUT2D eigenvalue weighted by molar-refractivity contribution is 5.34. The van der Waals surface area contributed by atoms with Crippen LogP contribution in [-0.2, 0) is 0 Å². The fraction of sp³-hybridized carbons (Fsp3) is 0.571. The lowest BCUT2D eigenvalue weighted by Crippen LogP contribution is -2.21. The first-order valence-corrected chi connectivity index (χ1v) is 6.05. The van der Waals surface area contributed by atoms with E-state index in [4.69, 9.17) is 0 Å². The van der Waals surface area contributed by atoms with E-state index in [1.807, 2.05) is 0 Å². The maximum atomic E-state index is 10.3. The lowest BCUT2D eigenvalue weighted by molar-refractivity contribution is 0.0295. The molecule has 0 radical (unpaired) electrons. The van der Waals surface area contributed by atoms with Crippen molar-refractivity contribution >= 4 is 0 Å². The Kier molecular flexibility index (Phi) is 3.15. The van der Waals surface area contributed by atoms with Crippen LogP contribution in [0.1, 0.15) is 38.4 Å². The second-order valence-corrected chi connectivity index (χ2v) is 5.81. The Labute approximate surface area is 102 Å². The zero-order valence-electron chi connectivity index (χ0n) is 10.3. The molecule has 0 saturated heterocycles. The summed E-state index contributed by atoms with van der Waals surface area (Å²) in [6.07, 6.45) is 0.166. The molecule has 1 aliphatic rings. The number of hydrogen-bond donors (Lipinski definition) is 3. The summed E-state index contributed by atoms with van der Waals surface area (Å²) >= 11 is 0. The Balaban J connectivity index is 2.22. The van der Waals surface area contributed by atoms with Crippen molar-refractivity contribution in [1.29, 1.82) is 0 Å². The summed E-state index contributed by atoms with van der Waals surface area (Å²) < 4.78 is 0. The lowest BCUT2D eigenvalue weighted by Gasteiger charge is -2.23. The van der Waals surface area contributed by atoms with Crippen LogP contribution in [0.3, 0.4) is 0 Å². The van der Waals surface area contributed by atoms with E-state index in [2.05, 4.69) is 13.8 Å². The monoisotopic (exact) mass is 236 g/mol. The van der Waals surface area contributed by atoms with Crippen molar-refractivity contribution in [3.8, 4) is 5.75 Å². The molecule has 1 fully saturated rings. The van der Waals surface area contributed by atoms with Crippen LogP contribution in [0, 0.1) is 11.3 Å². The molecule has 1 aromatic carbocycles. The van der Waals surface area contributed by atoms with Gasteiger partial charge in [0, 0.05) is 11.5 Å². The number of rotatable bonds is 2. The molecule has 1 aliphatic carbocycles. The Morgan fingerprint density at radius 3 is 2.41 bits per heavy atom. The predicted molar refractivity (Wildman–Crippen MR) is 65.6 cm³/mol. The van der Waals surface area contributed by atoms with E-state index in [0.717, 1.165) is 6.42 Å². The molecule has 3 nitrogen and oxygen atoms in total. The lowest BCUT2D eigenvalue weighted by atomic mass is 9.87. The normalized spacial score (nSPS) is 29.2. The highest BCUT2D eigenvalue weighted by Crippen LogP contribution is 2.47. The third-order valence-electron chi connectivity index (χ3n) is 3.71. The van der Waals surface area contributed by atoms with E-state index in [-0.39, 0.29) is 17.1 Å². The summed E-state index contributed by atoms with van der Waals surface area (Å²) in [5, 5.41) is 30.0. The van der Waals surface area contributed by atoms with Crippen molar-refractivity contribution in [2.45, 2.75) is 38.9 Å². The summed E-state index contributed by atoms with van der Waals surface area (Å²) in [5.74, 6) is -0.102. The summed E-state index contributed by atoms with van der Waals surface area (Å²) in [6.45, 7) is 4.18. The molecule has 1 saturated carbocycles. The average Bonchev–Trinajstić information content (AvgIpc) is 2.52. The van der Waals surface area contributed by atoms with Gasteiger partial charge in [0.05, 0.1) is 12.2 Å². The first kappa shape index (κ1) is 12.4. The second kappa shape index (κ2) is 4.31. The van der Waals surface area contributed by atoms with Gasteiger partial charge in [0.2, 0.25) is 0 Å². The third-order valence-corrected chi connectivity index (χ3v) is 3.71. The highest BCUT2D eigenvalue weighted by Gasteiger charge is 2.42. The molecule has 3 heteroatoms. The predicted octanol–water partition coefficient (Wildman–Crippen LogP) is 2.22. The van der Waals surface area contributed by atoms with Gasteiger partial charge in [-0.2, -0.15) is 0 Å². The molecule has 2 rings (SSSR count). The number of aromatic hydroxyl groups is 1. The number of benzene rings is 1. The van der Waals surface area contributed by atoms with Crippen molar-refractivity contribution in [3.63, 3.8) is 0 Å². The van der Waals surface area contributed by atoms with E-state index < -0.39 is 12.2 Å².